The summed E-state index contributed by atoms with van der Waals surface area (Å²) in [5.74, 6) is 0.759. The molecule has 5 nitrogen and oxygen atoms in total. The second-order valence-corrected chi connectivity index (χ2v) is 7.99. The average Bonchev–Trinajstić information content (AvgIpc) is 2.82. The van der Waals surface area contributed by atoms with Gasteiger partial charge in [0.15, 0.2) is 0 Å². The fourth-order valence-electron chi connectivity index (χ4n) is 3.87. The van der Waals surface area contributed by atoms with Gasteiger partial charge >= 0.3 is 0 Å². The maximum atomic E-state index is 13.1. The lowest BCUT2D eigenvalue weighted by Crippen LogP contribution is -2.50. The first kappa shape index (κ1) is 21.2. The number of amides is 2. The Balaban J connectivity index is 1.26. The van der Waals surface area contributed by atoms with E-state index in [0.717, 1.165) is 16.3 Å². The van der Waals surface area contributed by atoms with Gasteiger partial charge in [0.1, 0.15) is 5.75 Å². The van der Waals surface area contributed by atoms with Crippen molar-refractivity contribution in [2.24, 2.45) is 0 Å². The van der Waals surface area contributed by atoms with Crippen LogP contribution in [0.3, 0.4) is 0 Å². The summed E-state index contributed by atoms with van der Waals surface area (Å²) >= 11 is 6.07. The zero-order valence-corrected chi connectivity index (χ0v) is 18.1. The Morgan fingerprint density at radius 1 is 0.839 bits per heavy atom. The van der Waals surface area contributed by atoms with Crippen molar-refractivity contribution in [2.75, 3.05) is 32.8 Å². The molecule has 1 aliphatic rings. The predicted molar refractivity (Wildman–Crippen MR) is 123 cm³/mol. The van der Waals surface area contributed by atoms with Crippen LogP contribution in [0.25, 0.3) is 10.8 Å². The smallest absolute Gasteiger partial charge is 0.254 e. The van der Waals surface area contributed by atoms with Crippen LogP contribution in [-0.4, -0.2) is 54.4 Å². The van der Waals surface area contributed by atoms with E-state index in [1.165, 1.54) is 0 Å². The van der Waals surface area contributed by atoms with E-state index in [1.54, 1.807) is 6.07 Å². The molecule has 4 rings (SSSR count). The molecule has 1 heterocycles. The van der Waals surface area contributed by atoms with Crippen LogP contribution >= 0.6 is 11.6 Å². The van der Waals surface area contributed by atoms with Gasteiger partial charge < -0.3 is 14.5 Å². The van der Waals surface area contributed by atoms with Gasteiger partial charge in [-0.2, -0.15) is 0 Å². The molecule has 0 N–H and O–H groups in total. The minimum absolute atomic E-state index is 0.0250. The third-order valence-corrected chi connectivity index (χ3v) is 5.88. The summed E-state index contributed by atoms with van der Waals surface area (Å²) in [6, 6.07) is 21.0. The summed E-state index contributed by atoms with van der Waals surface area (Å²) in [5.41, 5.74) is 0.717. The fourth-order valence-corrected chi connectivity index (χ4v) is 4.06. The summed E-state index contributed by atoms with van der Waals surface area (Å²) in [4.78, 5) is 29.3. The molecule has 3 aromatic carbocycles. The van der Waals surface area contributed by atoms with Gasteiger partial charge in [0, 0.05) is 38.2 Å². The van der Waals surface area contributed by atoms with Crippen LogP contribution in [0.1, 0.15) is 23.2 Å². The topological polar surface area (TPSA) is 49.9 Å². The SMILES string of the molecule is O=C(CCCOc1ccccc1Cl)N1CCN(C(=O)c2cccc3ccccc23)CC1. The highest BCUT2D eigenvalue weighted by Crippen LogP contribution is 2.23. The third kappa shape index (κ3) is 5.00. The highest BCUT2D eigenvalue weighted by atomic mass is 35.5. The van der Waals surface area contributed by atoms with Gasteiger partial charge in [0.2, 0.25) is 5.91 Å². The molecule has 0 aromatic heterocycles. The van der Waals surface area contributed by atoms with E-state index in [9.17, 15) is 9.59 Å². The Morgan fingerprint density at radius 3 is 2.32 bits per heavy atom. The van der Waals surface area contributed by atoms with E-state index in [1.807, 2.05) is 70.5 Å². The average molecular weight is 437 g/mol. The molecule has 1 aliphatic heterocycles. The number of benzene rings is 3. The number of nitrogens with zero attached hydrogens (tertiary/aromatic N) is 2. The maximum absolute atomic E-state index is 13.1. The van der Waals surface area contributed by atoms with Crippen LogP contribution in [0.2, 0.25) is 5.02 Å². The molecule has 0 spiro atoms. The van der Waals surface area contributed by atoms with E-state index in [0.29, 0.717) is 56.4 Å². The van der Waals surface area contributed by atoms with Crippen molar-refractivity contribution in [3.05, 3.63) is 77.3 Å². The van der Waals surface area contributed by atoms with Gasteiger partial charge in [-0.15, -0.1) is 0 Å². The summed E-state index contributed by atoms with van der Waals surface area (Å²) < 4.78 is 5.65. The number of hydrogen-bond donors (Lipinski definition) is 0. The lowest BCUT2D eigenvalue weighted by atomic mass is 10.0. The lowest BCUT2D eigenvalue weighted by molar-refractivity contribution is -0.132. The first-order chi connectivity index (χ1) is 15.1. The van der Waals surface area contributed by atoms with E-state index in [-0.39, 0.29) is 11.8 Å². The second-order valence-electron chi connectivity index (χ2n) is 7.58. The summed E-state index contributed by atoms with van der Waals surface area (Å²) in [5, 5.41) is 2.59. The predicted octanol–water partition coefficient (Wildman–Crippen LogP) is 4.64. The summed E-state index contributed by atoms with van der Waals surface area (Å²) in [6.45, 7) is 2.64. The molecular formula is C25H25ClN2O3. The van der Waals surface area contributed by atoms with Gasteiger partial charge in [-0.1, -0.05) is 60.1 Å². The molecule has 1 fully saturated rings. The zero-order valence-electron chi connectivity index (χ0n) is 17.3. The highest BCUT2D eigenvalue weighted by molar-refractivity contribution is 6.32. The van der Waals surface area contributed by atoms with Crippen LogP contribution < -0.4 is 4.74 Å². The Kier molecular flexibility index (Phi) is 6.73. The van der Waals surface area contributed by atoms with E-state index in [4.69, 9.17) is 16.3 Å². The summed E-state index contributed by atoms with van der Waals surface area (Å²) in [7, 11) is 0. The third-order valence-electron chi connectivity index (χ3n) is 5.57. The molecule has 0 saturated carbocycles. The van der Waals surface area contributed by atoms with Crippen molar-refractivity contribution < 1.29 is 14.3 Å². The number of hydrogen-bond acceptors (Lipinski definition) is 3. The molecule has 0 unspecified atom stereocenters. The first-order valence-corrected chi connectivity index (χ1v) is 10.9. The minimum atomic E-state index is 0.0250. The van der Waals surface area contributed by atoms with Crippen molar-refractivity contribution in [1.82, 2.24) is 9.80 Å². The Hall–Kier alpha value is -3.05. The normalized spacial score (nSPS) is 14.0. The first-order valence-electron chi connectivity index (χ1n) is 10.6. The van der Waals surface area contributed by atoms with Crippen molar-refractivity contribution in [3.8, 4) is 5.75 Å². The standard InChI is InChI=1S/C25H25ClN2O3/c26-22-11-3-4-12-23(22)31-18-6-13-24(29)27-14-16-28(17-15-27)25(30)21-10-5-8-19-7-1-2-9-20(19)21/h1-5,7-12H,6,13-18H2. The van der Waals surface area contributed by atoms with Crippen molar-refractivity contribution in [3.63, 3.8) is 0 Å². The Labute approximate surface area is 187 Å². The van der Waals surface area contributed by atoms with E-state index in [2.05, 4.69) is 0 Å². The van der Waals surface area contributed by atoms with E-state index < -0.39 is 0 Å². The van der Waals surface area contributed by atoms with Gasteiger partial charge in [-0.05, 0) is 35.4 Å². The molecule has 0 radical (unpaired) electrons. The van der Waals surface area contributed by atoms with Crippen molar-refractivity contribution >= 4 is 34.2 Å². The quantitative estimate of drug-likeness (QED) is 0.529. The zero-order chi connectivity index (χ0) is 21.6. The molecule has 0 bridgehead atoms. The van der Waals surface area contributed by atoms with Crippen LogP contribution in [0.15, 0.2) is 66.7 Å². The number of carbonyl (C=O) groups is 2. The molecule has 6 heteroatoms. The molecular weight excluding hydrogens is 412 g/mol. The van der Waals surface area contributed by atoms with Crippen molar-refractivity contribution in [2.45, 2.75) is 12.8 Å². The van der Waals surface area contributed by atoms with Gasteiger partial charge in [-0.25, -0.2) is 0 Å². The molecule has 31 heavy (non-hydrogen) atoms. The molecule has 0 atom stereocenters. The van der Waals surface area contributed by atoms with Crippen LogP contribution in [0, 0.1) is 0 Å². The molecule has 160 valence electrons. The minimum Gasteiger partial charge on any atom is -0.492 e. The van der Waals surface area contributed by atoms with Crippen LogP contribution in [-0.2, 0) is 4.79 Å². The van der Waals surface area contributed by atoms with Gasteiger partial charge in [-0.3, -0.25) is 9.59 Å². The highest BCUT2D eigenvalue weighted by Gasteiger charge is 2.25. The van der Waals surface area contributed by atoms with Gasteiger partial charge in [0.25, 0.3) is 5.91 Å². The summed E-state index contributed by atoms with van der Waals surface area (Å²) in [6.07, 6.45) is 1.04. The van der Waals surface area contributed by atoms with Crippen LogP contribution in [0.4, 0.5) is 0 Å². The molecule has 3 aromatic rings. The van der Waals surface area contributed by atoms with E-state index >= 15 is 0 Å². The number of fused-ring (bicyclic) bond motifs is 1. The van der Waals surface area contributed by atoms with Crippen LogP contribution in [0.5, 0.6) is 5.75 Å². The number of rotatable bonds is 6. The molecule has 0 aliphatic carbocycles. The molecule has 1 saturated heterocycles. The Bertz CT molecular complexity index is 1070. The number of halogens is 1. The van der Waals surface area contributed by atoms with Gasteiger partial charge in [0.05, 0.1) is 11.6 Å². The Morgan fingerprint density at radius 2 is 1.52 bits per heavy atom. The monoisotopic (exact) mass is 436 g/mol. The van der Waals surface area contributed by atoms with Crippen molar-refractivity contribution in [1.29, 1.82) is 0 Å². The number of ether oxygens (including phenoxy) is 1. The lowest BCUT2D eigenvalue weighted by Gasteiger charge is -2.35. The molecule has 2 amide bonds. The second kappa shape index (κ2) is 9.84. The fraction of sp³-hybridized carbons (Fsp3) is 0.280. The number of para-hydroxylation sites is 1. The number of piperazine rings is 1. The number of carbonyl (C=O) groups excluding carboxylic acids is 2. The largest absolute Gasteiger partial charge is 0.492 e. The maximum Gasteiger partial charge on any atom is 0.254 e.